The van der Waals surface area contributed by atoms with E-state index in [1.165, 1.54) is 11.3 Å². The summed E-state index contributed by atoms with van der Waals surface area (Å²) in [4.78, 5) is 16.3. The van der Waals surface area contributed by atoms with Crippen molar-refractivity contribution in [2.75, 3.05) is 12.4 Å². The fourth-order valence-electron chi connectivity index (χ4n) is 1.56. The Morgan fingerprint density at radius 3 is 2.68 bits per heavy atom. The molecule has 0 radical (unpaired) electrons. The lowest BCUT2D eigenvalue weighted by Crippen LogP contribution is -2.41. The number of hydrogen-bond donors (Lipinski definition) is 2. The van der Waals surface area contributed by atoms with Gasteiger partial charge in [0.05, 0.1) is 22.3 Å². The Balaban J connectivity index is 2.15. The third-order valence-electron chi connectivity index (χ3n) is 2.79. The number of fused-ring (bicyclic) bond motifs is 1. The number of aromatic nitrogens is 1. The van der Waals surface area contributed by atoms with Gasteiger partial charge in [0.1, 0.15) is 5.75 Å². The molecule has 0 fully saturated rings. The van der Waals surface area contributed by atoms with E-state index in [0.29, 0.717) is 15.9 Å². The van der Waals surface area contributed by atoms with Crippen LogP contribution in [-0.4, -0.2) is 23.1 Å². The fourth-order valence-corrected chi connectivity index (χ4v) is 2.93. The van der Waals surface area contributed by atoms with Gasteiger partial charge >= 0.3 is 0 Å². The van der Waals surface area contributed by atoms with Crippen LogP contribution >= 0.6 is 35.2 Å². The topological polar surface area (TPSA) is 63.2 Å². The molecule has 1 heterocycles. The second kappa shape index (κ2) is 6.36. The molecule has 2 rings (SSSR count). The highest BCUT2D eigenvalue weighted by atomic mass is 35.5. The van der Waals surface area contributed by atoms with Gasteiger partial charge in [-0.3, -0.25) is 4.79 Å². The van der Waals surface area contributed by atoms with Crippen LogP contribution in [0.15, 0.2) is 12.1 Å². The van der Waals surface area contributed by atoms with Crippen molar-refractivity contribution in [3.8, 4) is 5.75 Å². The van der Waals surface area contributed by atoms with Crippen molar-refractivity contribution in [1.29, 1.82) is 0 Å². The molecule has 0 aliphatic carbocycles. The normalized spacial score (nSPS) is 11.3. The third kappa shape index (κ3) is 3.85. The lowest BCUT2D eigenvalue weighted by molar-refractivity contribution is -0.126. The smallest absolute Gasteiger partial charge is 0.231 e. The zero-order valence-corrected chi connectivity index (χ0v) is 15.0. The largest absolute Gasteiger partial charge is 0.495 e. The molecule has 0 aliphatic heterocycles. The average molecular weight is 358 g/mol. The van der Waals surface area contributed by atoms with Crippen LogP contribution in [0.3, 0.4) is 0 Å². The Morgan fingerprint density at radius 1 is 1.41 bits per heavy atom. The number of methoxy groups -OCH3 is 1. The van der Waals surface area contributed by atoms with Gasteiger partial charge in [-0.15, -0.1) is 0 Å². The maximum absolute atomic E-state index is 11.9. The summed E-state index contributed by atoms with van der Waals surface area (Å²) in [5.41, 5.74) is 0.225. The summed E-state index contributed by atoms with van der Waals surface area (Å²) in [6.45, 7) is 5.45. The van der Waals surface area contributed by atoms with Crippen LogP contribution in [0, 0.1) is 5.41 Å². The van der Waals surface area contributed by atoms with E-state index in [1.807, 2.05) is 26.8 Å². The fraction of sp³-hybridized carbons (Fsp3) is 0.357. The molecule has 1 amide bonds. The number of thiocarbonyl (C=S) groups is 1. The monoisotopic (exact) mass is 357 g/mol. The SMILES string of the molecule is COc1cc2sc(NC(=S)NC(=O)C(C)(C)C)nc2cc1Cl. The Labute approximate surface area is 143 Å². The average Bonchev–Trinajstić information content (AvgIpc) is 2.77. The molecule has 0 saturated carbocycles. The molecule has 0 spiro atoms. The molecule has 0 atom stereocenters. The molecule has 2 aromatic rings. The summed E-state index contributed by atoms with van der Waals surface area (Å²) >= 11 is 12.6. The van der Waals surface area contributed by atoms with Gasteiger partial charge in [-0.1, -0.05) is 43.7 Å². The van der Waals surface area contributed by atoms with E-state index in [0.717, 1.165) is 10.2 Å². The van der Waals surface area contributed by atoms with Crippen LogP contribution in [0.5, 0.6) is 5.75 Å². The van der Waals surface area contributed by atoms with Gasteiger partial charge in [0.25, 0.3) is 0 Å². The molecule has 0 bridgehead atoms. The van der Waals surface area contributed by atoms with Crippen molar-refractivity contribution in [1.82, 2.24) is 10.3 Å². The molecule has 0 unspecified atom stereocenters. The van der Waals surface area contributed by atoms with Crippen molar-refractivity contribution in [3.05, 3.63) is 17.2 Å². The number of nitrogens with one attached hydrogen (secondary N) is 2. The number of thiazole rings is 1. The van der Waals surface area contributed by atoms with E-state index in [-0.39, 0.29) is 11.0 Å². The van der Waals surface area contributed by atoms with Gasteiger partial charge in [0, 0.05) is 11.5 Å². The molecule has 118 valence electrons. The number of rotatable bonds is 2. The molecule has 1 aromatic carbocycles. The van der Waals surface area contributed by atoms with E-state index in [9.17, 15) is 4.79 Å². The summed E-state index contributed by atoms with van der Waals surface area (Å²) in [6.07, 6.45) is 0. The number of nitrogens with zero attached hydrogens (tertiary/aromatic N) is 1. The van der Waals surface area contributed by atoms with Crippen LogP contribution in [-0.2, 0) is 4.79 Å². The van der Waals surface area contributed by atoms with E-state index in [1.54, 1.807) is 13.2 Å². The predicted molar refractivity (Wildman–Crippen MR) is 95.0 cm³/mol. The number of carbonyl (C=O) groups excluding carboxylic acids is 1. The van der Waals surface area contributed by atoms with E-state index in [2.05, 4.69) is 15.6 Å². The van der Waals surface area contributed by atoms with Gasteiger partial charge in [-0.2, -0.15) is 0 Å². The third-order valence-corrected chi connectivity index (χ3v) is 4.22. The van der Waals surface area contributed by atoms with Gasteiger partial charge in [0.15, 0.2) is 10.2 Å². The Hall–Kier alpha value is -1.44. The highest BCUT2D eigenvalue weighted by molar-refractivity contribution is 7.80. The maximum Gasteiger partial charge on any atom is 0.231 e. The zero-order chi connectivity index (χ0) is 16.5. The molecular formula is C14H16ClN3O2S2. The second-order valence-corrected chi connectivity index (χ2v) is 7.48. The molecule has 8 heteroatoms. The van der Waals surface area contributed by atoms with Crippen LogP contribution < -0.4 is 15.4 Å². The Kier molecular flexibility index (Phi) is 4.89. The number of hydrogen-bond acceptors (Lipinski definition) is 5. The van der Waals surface area contributed by atoms with Crippen LogP contribution in [0.2, 0.25) is 5.02 Å². The summed E-state index contributed by atoms with van der Waals surface area (Å²) in [5.74, 6) is 0.434. The Morgan fingerprint density at radius 2 is 2.09 bits per heavy atom. The van der Waals surface area contributed by atoms with Crippen molar-refractivity contribution in [3.63, 3.8) is 0 Å². The number of anilines is 1. The van der Waals surface area contributed by atoms with Crippen molar-refractivity contribution in [2.45, 2.75) is 20.8 Å². The summed E-state index contributed by atoms with van der Waals surface area (Å²) in [6, 6.07) is 3.55. The van der Waals surface area contributed by atoms with Crippen molar-refractivity contribution < 1.29 is 9.53 Å². The standard InChI is InChI=1S/C14H16ClN3O2S2/c1-14(2,3)11(19)17-12(21)18-13-16-8-5-7(15)9(20-4)6-10(8)22-13/h5-6H,1-4H3,(H2,16,17,18,19,21). The number of carbonyl (C=O) groups is 1. The molecule has 1 aromatic heterocycles. The first kappa shape index (κ1) is 16.9. The molecule has 2 N–H and O–H groups in total. The minimum Gasteiger partial charge on any atom is -0.495 e. The number of halogens is 1. The highest BCUT2D eigenvalue weighted by Gasteiger charge is 2.22. The van der Waals surface area contributed by atoms with Gasteiger partial charge in [0.2, 0.25) is 5.91 Å². The first-order valence-corrected chi connectivity index (χ1v) is 8.07. The number of benzene rings is 1. The highest BCUT2D eigenvalue weighted by Crippen LogP contribution is 2.34. The molecule has 22 heavy (non-hydrogen) atoms. The van der Waals surface area contributed by atoms with E-state index < -0.39 is 5.41 Å². The molecular weight excluding hydrogens is 342 g/mol. The van der Waals surface area contributed by atoms with Gasteiger partial charge in [-0.05, 0) is 18.3 Å². The van der Waals surface area contributed by atoms with Gasteiger partial charge in [-0.25, -0.2) is 4.98 Å². The maximum atomic E-state index is 11.9. The molecule has 0 saturated heterocycles. The lowest BCUT2D eigenvalue weighted by Gasteiger charge is -2.17. The van der Waals surface area contributed by atoms with Crippen LogP contribution in [0.25, 0.3) is 10.2 Å². The van der Waals surface area contributed by atoms with Crippen molar-refractivity contribution in [2.24, 2.45) is 5.41 Å². The minimum atomic E-state index is -0.514. The Bertz CT molecular complexity index is 737. The molecule has 5 nitrogen and oxygen atoms in total. The number of ether oxygens (including phenoxy) is 1. The minimum absolute atomic E-state index is 0.157. The van der Waals surface area contributed by atoms with E-state index >= 15 is 0 Å². The van der Waals surface area contributed by atoms with Crippen LogP contribution in [0.1, 0.15) is 20.8 Å². The quantitative estimate of drug-likeness (QED) is 0.800. The predicted octanol–water partition coefficient (Wildman–Crippen LogP) is 3.82. The van der Waals surface area contributed by atoms with Crippen molar-refractivity contribution >= 4 is 61.5 Å². The zero-order valence-electron chi connectivity index (χ0n) is 12.6. The van der Waals surface area contributed by atoms with Gasteiger partial charge < -0.3 is 15.4 Å². The first-order valence-electron chi connectivity index (χ1n) is 6.47. The molecule has 0 aliphatic rings. The second-order valence-electron chi connectivity index (χ2n) is 5.63. The summed E-state index contributed by atoms with van der Waals surface area (Å²) in [5, 5.41) is 6.86. The van der Waals surface area contributed by atoms with Crippen LogP contribution in [0.4, 0.5) is 5.13 Å². The summed E-state index contributed by atoms with van der Waals surface area (Å²) < 4.78 is 6.09. The summed E-state index contributed by atoms with van der Waals surface area (Å²) in [7, 11) is 1.56. The lowest BCUT2D eigenvalue weighted by atomic mass is 9.96. The first-order chi connectivity index (χ1) is 10.2. The number of amides is 1. The van der Waals surface area contributed by atoms with E-state index in [4.69, 9.17) is 28.6 Å².